The summed E-state index contributed by atoms with van der Waals surface area (Å²) in [7, 11) is 0. The Hall–Kier alpha value is -2.93. The zero-order chi connectivity index (χ0) is 14.7. The van der Waals surface area contributed by atoms with Crippen molar-refractivity contribution in [2.24, 2.45) is 4.99 Å². The molecule has 2 aromatic carbocycles. The SMILES string of the molecule is O=[N+]([O-])c1cccc(C2N=C(Oc3ccccc3)NN2)c1. The van der Waals surface area contributed by atoms with E-state index in [1.165, 1.54) is 12.1 Å². The van der Waals surface area contributed by atoms with Gasteiger partial charge in [-0.1, -0.05) is 30.3 Å². The first-order valence-electron chi connectivity index (χ1n) is 6.29. The first kappa shape index (κ1) is 13.1. The zero-order valence-electron chi connectivity index (χ0n) is 10.9. The number of benzene rings is 2. The Morgan fingerprint density at radius 3 is 2.71 bits per heavy atom. The lowest BCUT2D eigenvalue weighted by Crippen LogP contribution is -2.34. The standard InChI is InChI=1S/C14H12N4O3/c19-18(20)11-6-4-5-10(9-11)13-15-14(17-16-13)21-12-7-2-1-3-8-12/h1-9,13,16H,(H,15,17). The van der Waals surface area contributed by atoms with Gasteiger partial charge in [0, 0.05) is 12.1 Å². The molecule has 0 aliphatic carbocycles. The fourth-order valence-electron chi connectivity index (χ4n) is 1.93. The molecular weight excluding hydrogens is 272 g/mol. The number of hydrogen-bond donors (Lipinski definition) is 2. The number of para-hydroxylation sites is 1. The lowest BCUT2D eigenvalue weighted by Gasteiger charge is -2.06. The van der Waals surface area contributed by atoms with Crippen molar-refractivity contribution in [1.29, 1.82) is 0 Å². The quantitative estimate of drug-likeness (QED) is 0.666. The van der Waals surface area contributed by atoms with E-state index in [1.807, 2.05) is 30.3 Å². The van der Waals surface area contributed by atoms with Gasteiger partial charge in [-0.2, -0.15) is 0 Å². The number of non-ortho nitro benzene ring substituents is 1. The highest BCUT2D eigenvalue weighted by Crippen LogP contribution is 2.22. The predicted molar refractivity (Wildman–Crippen MR) is 76.6 cm³/mol. The van der Waals surface area contributed by atoms with E-state index in [2.05, 4.69) is 15.8 Å². The van der Waals surface area contributed by atoms with E-state index < -0.39 is 11.1 Å². The third kappa shape index (κ3) is 2.98. The van der Waals surface area contributed by atoms with Crippen molar-refractivity contribution in [1.82, 2.24) is 10.9 Å². The second-order valence-electron chi connectivity index (χ2n) is 4.37. The molecule has 0 bridgehead atoms. The normalized spacial score (nSPS) is 17.0. The third-order valence-electron chi connectivity index (χ3n) is 2.92. The molecule has 3 rings (SSSR count). The smallest absolute Gasteiger partial charge is 0.307 e. The molecule has 0 fully saturated rings. The summed E-state index contributed by atoms with van der Waals surface area (Å²) < 4.78 is 5.55. The Bertz CT molecular complexity index is 688. The fraction of sp³-hybridized carbons (Fsp3) is 0.0714. The van der Waals surface area contributed by atoms with Gasteiger partial charge in [0.15, 0.2) is 0 Å². The maximum Gasteiger partial charge on any atom is 0.307 e. The molecule has 7 heteroatoms. The first-order chi connectivity index (χ1) is 10.2. The van der Waals surface area contributed by atoms with Crippen LogP contribution in [0, 0.1) is 10.1 Å². The second-order valence-corrected chi connectivity index (χ2v) is 4.37. The number of nitro benzene ring substituents is 1. The predicted octanol–water partition coefficient (Wildman–Crippen LogP) is 2.14. The van der Waals surface area contributed by atoms with Gasteiger partial charge in [-0.25, -0.2) is 10.4 Å². The van der Waals surface area contributed by atoms with Gasteiger partial charge in [-0.3, -0.25) is 15.5 Å². The number of ether oxygens (including phenoxy) is 1. The largest absolute Gasteiger partial charge is 0.425 e. The summed E-state index contributed by atoms with van der Waals surface area (Å²) in [6.45, 7) is 0. The van der Waals surface area contributed by atoms with Crippen LogP contribution in [0.1, 0.15) is 11.7 Å². The molecule has 1 atom stereocenters. The van der Waals surface area contributed by atoms with Crippen LogP contribution in [-0.2, 0) is 0 Å². The van der Waals surface area contributed by atoms with E-state index in [1.54, 1.807) is 12.1 Å². The molecule has 0 spiro atoms. The van der Waals surface area contributed by atoms with Crippen LogP contribution in [-0.4, -0.2) is 10.9 Å². The summed E-state index contributed by atoms with van der Waals surface area (Å²) in [6, 6.07) is 15.9. The van der Waals surface area contributed by atoms with Crippen molar-refractivity contribution in [3.05, 3.63) is 70.3 Å². The summed E-state index contributed by atoms with van der Waals surface area (Å²) in [5, 5.41) is 10.8. The van der Waals surface area contributed by atoms with Crippen molar-refractivity contribution < 1.29 is 9.66 Å². The minimum atomic E-state index is -0.434. The van der Waals surface area contributed by atoms with Crippen LogP contribution < -0.4 is 15.6 Å². The summed E-state index contributed by atoms with van der Waals surface area (Å²) in [5.74, 6) is 0.658. The number of nitrogens with zero attached hydrogens (tertiary/aromatic N) is 2. The molecule has 1 aliphatic rings. The molecule has 1 heterocycles. The van der Waals surface area contributed by atoms with E-state index >= 15 is 0 Å². The summed E-state index contributed by atoms with van der Waals surface area (Å²) in [4.78, 5) is 14.7. The molecule has 0 saturated carbocycles. The highest BCUT2D eigenvalue weighted by molar-refractivity contribution is 5.77. The van der Waals surface area contributed by atoms with Gasteiger partial charge in [-0.05, 0) is 17.7 Å². The number of rotatable bonds is 3. The van der Waals surface area contributed by atoms with E-state index in [0.29, 0.717) is 17.3 Å². The molecule has 0 radical (unpaired) electrons. The van der Waals surface area contributed by atoms with Gasteiger partial charge in [-0.15, -0.1) is 0 Å². The number of aliphatic imine (C=N–C) groups is 1. The van der Waals surface area contributed by atoms with Gasteiger partial charge in [0.05, 0.1) is 4.92 Å². The van der Waals surface area contributed by atoms with Crippen LogP contribution in [0.4, 0.5) is 5.69 Å². The van der Waals surface area contributed by atoms with Crippen LogP contribution in [0.5, 0.6) is 5.75 Å². The average Bonchev–Trinajstić information content (AvgIpc) is 2.97. The van der Waals surface area contributed by atoms with Crippen molar-refractivity contribution >= 4 is 11.7 Å². The number of hydrogen-bond acceptors (Lipinski definition) is 6. The van der Waals surface area contributed by atoms with Crippen LogP contribution in [0.25, 0.3) is 0 Å². The maximum absolute atomic E-state index is 10.8. The molecule has 0 amide bonds. The molecule has 1 unspecified atom stereocenters. The highest BCUT2D eigenvalue weighted by Gasteiger charge is 2.21. The Morgan fingerprint density at radius 2 is 1.95 bits per heavy atom. The van der Waals surface area contributed by atoms with E-state index in [-0.39, 0.29) is 5.69 Å². The minimum absolute atomic E-state index is 0.0296. The Balaban J connectivity index is 1.76. The summed E-state index contributed by atoms with van der Waals surface area (Å²) >= 11 is 0. The Kier molecular flexibility index (Phi) is 3.48. The second kappa shape index (κ2) is 5.59. The molecular formula is C14H12N4O3. The molecule has 106 valence electrons. The van der Waals surface area contributed by atoms with Crippen molar-refractivity contribution in [2.75, 3.05) is 0 Å². The molecule has 2 aromatic rings. The number of amidine groups is 1. The van der Waals surface area contributed by atoms with E-state index in [9.17, 15) is 10.1 Å². The topological polar surface area (TPSA) is 88.8 Å². The maximum atomic E-state index is 10.8. The van der Waals surface area contributed by atoms with Crippen molar-refractivity contribution in [3.63, 3.8) is 0 Å². The summed E-state index contributed by atoms with van der Waals surface area (Å²) in [6.07, 6.45) is -0.427. The molecule has 1 aliphatic heterocycles. The third-order valence-corrected chi connectivity index (χ3v) is 2.92. The van der Waals surface area contributed by atoms with Gasteiger partial charge in [0.25, 0.3) is 5.69 Å². The minimum Gasteiger partial charge on any atom is -0.425 e. The van der Waals surface area contributed by atoms with Crippen molar-refractivity contribution in [3.8, 4) is 5.75 Å². The lowest BCUT2D eigenvalue weighted by molar-refractivity contribution is -0.384. The number of nitro groups is 1. The molecule has 0 saturated heterocycles. The molecule has 21 heavy (non-hydrogen) atoms. The highest BCUT2D eigenvalue weighted by atomic mass is 16.6. The van der Waals surface area contributed by atoms with E-state index in [0.717, 1.165) is 0 Å². The van der Waals surface area contributed by atoms with Crippen molar-refractivity contribution in [2.45, 2.75) is 6.17 Å². The molecule has 0 aromatic heterocycles. The Morgan fingerprint density at radius 1 is 1.14 bits per heavy atom. The summed E-state index contributed by atoms with van der Waals surface area (Å²) in [5.41, 5.74) is 6.43. The lowest BCUT2D eigenvalue weighted by atomic mass is 10.1. The first-order valence-corrected chi connectivity index (χ1v) is 6.29. The van der Waals surface area contributed by atoms with Gasteiger partial charge < -0.3 is 4.74 Å². The monoisotopic (exact) mass is 284 g/mol. The van der Waals surface area contributed by atoms with Crippen LogP contribution in [0.3, 0.4) is 0 Å². The molecule has 7 nitrogen and oxygen atoms in total. The number of nitrogens with one attached hydrogen (secondary N) is 2. The zero-order valence-corrected chi connectivity index (χ0v) is 10.9. The van der Waals surface area contributed by atoms with Crippen LogP contribution >= 0.6 is 0 Å². The van der Waals surface area contributed by atoms with Gasteiger partial charge in [0.2, 0.25) is 0 Å². The molecule has 2 N–H and O–H groups in total. The van der Waals surface area contributed by atoms with Crippen LogP contribution in [0.15, 0.2) is 59.6 Å². The number of hydrazine groups is 1. The fourth-order valence-corrected chi connectivity index (χ4v) is 1.93. The van der Waals surface area contributed by atoms with Gasteiger partial charge >= 0.3 is 6.02 Å². The van der Waals surface area contributed by atoms with Gasteiger partial charge in [0.1, 0.15) is 11.9 Å². The van der Waals surface area contributed by atoms with E-state index in [4.69, 9.17) is 4.74 Å². The Labute approximate surface area is 120 Å². The van der Waals surface area contributed by atoms with Crippen LogP contribution in [0.2, 0.25) is 0 Å². The average molecular weight is 284 g/mol.